The van der Waals surface area contributed by atoms with Crippen LogP contribution < -0.4 is 5.73 Å². The van der Waals surface area contributed by atoms with Crippen molar-refractivity contribution >= 4 is 12.1 Å². The number of rotatable bonds is 3. The van der Waals surface area contributed by atoms with Crippen molar-refractivity contribution in [2.45, 2.75) is 25.8 Å². The fourth-order valence-electron chi connectivity index (χ4n) is 2.01. The van der Waals surface area contributed by atoms with Crippen LogP contribution in [0.4, 0.5) is 4.79 Å². The van der Waals surface area contributed by atoms with Gasteiger partial charge in [-0.3, -0.25) is 4.79 Å². The van der Waals surface area contributed by atoms with Gasteiger partial charge in [-0.15, -0.1) is 0 Å². The molecule has 6 nitrogen and oxygen atoms in total. The largest absolute Gasteiger partial charge is 0.481 e. The summed E-state index contributed by atoms with van der Waals surface area (Å²) in [5.41, 5.74) is 5.78. The molecule has 0 aromatic rings. The number of hydrogen-bond acceptors (Lipinski definition) is 4. The molecular weight excluding hydrogens is 212 g/mol. The van der Waals surface area contributed by atoms with Crippen LogP contribution in [0.25, 0.3) is 0 Å². The van der Waals surface area contributed by atoms with E-state index in [4.69, 9.17) is 15.6 Å². The van der Waals surface area contributed by atoms with E-state index in [1.165, 1.54) is 4.90 Å². The van der Waals surface area contributed by atoms with Crippen LogP contribution in [0.3, 0.4) is 0 Å². The van der Waals surface area contributed by atoms with E-state index in [0.717, 1.165) is 0 Å². The van der Waals surface area contributed by atoms with Gasteiger partial charge in [0.05, 0.1) is 6.61 Å². The number of piperidine rings is 1. The molecule has 2 atom stereocenters. The topological polar surface area (TPSA) is 92.9 Å². The molecule has 6 heteroatoms. The third-order valence-electron chi connectivity index (χ3n) is 2.56. The van der Waals surface area contributed by atoms with Crippen molar-refractivity contribution in [2.24, 2.45) is 11.7 Å². The van der Waals surface area contributed by atoms with Gasteiger partial charge in [0.15, 0.2) is 0 Å². The van der Waals surface area contributed by atoms with Crippen molar-refractivity contribution in [3.8, 4) is 0 Å². The number of aliphatic carboxylic acids is 1. The quantitative estimate of drug-likeness (QED) is 0.725. The number of carboxylic acids is 1. The van der Waals surface area contributed by atoms with Crippen LogP contribution in [-0.2, 0) is 9.53 Å². The van der Waals surface area contributed by atoms with E-state index in [1.807, 2.05) is 0 Å². The van der Waals surface area contributed by atoms with Crippen molar-refractivity contribution in [1.82, 2.24) is 4.90 Å². The molecule has 3 N–H and O–H groups in total. The third kappa shape index (κ3) is 3.69. The first-order valence-corrected chi connectivity index (χ1v) is 5.42. The Balaban J connectivity index is 2.53. The number of nitrogens with two attached hydrogens (primary N) is 1. The molecule has 2 unspecified atom stereocenters. The maximum absolute atomic E-state index is 11.5. The Bertz CT molecular complexity index is 270. The van der Waals surface area contributed by atoms with E-state index in [0.29, 0.717) is 26.1 Å². The lowest BCUT2D eigenvalue weighted by Gasteiger charge is -2.34. The predicted octanol–water partition coefficient (Wildman–Crippen LogP) is 0.267. The number of carboxylic acid groups (broad SMARTS) is 1. The number of hydrogen-bond donors (Lipinski definition) is 2. The molecule has 92 valence electrons. The molecule has 1 amide bonds. The molecule has 1 aliphatic heterocycles. The predicted molar refractivity (Wildman–Crippen MR) is 56.9 cm³/mol. The summed E-state index contributed by atoms with van der Waals surface area (Å²) in [6.45, 7) is 2.90. The van der Waals surface area contributed by atoms with Gasteiger partial charge in [-0.2, -0.15) is 0 Å². The van der Waals surface area contributed by atoms with Gasteiger partial charge in [-0.05, 0) is 19.3 Å². The van der Waals surface area contributed by atoms with Gasteiger partial charge >= 0.3 is 12.1 Å². The molecular formula is C10H18N2O4. The second-order valence-corrected chi connectivity index (χ2v) is 4.06. The summed E-state index contributed by atoms with van der Waals surface area (Å²) in [6.07, 6.45) is 0.277. The van der Waals surface area contributed by atoms with E-state index >= 15 is 0 Å². The number of nitrogens with zero attached hydrogens (tertiary/aromatic N) is 1. The highest BCUT2D eigenvalue weighted by molar-refractivity contribution is 5.69. The van der Waals surface area contributed by atoms with Gasteiger partial charge in [0.1, 0.15) is 0 Å². The lowest BCUT2D eigenvalue weighted by atomic mass is 9.92. The number of ether oxygens (including phenoxy) is 1. The minimum Gasteiger partial charge on any atom is -0.481 e. The molecule has 0 aliphatic carbocycles. The first-order valence-electron chi connectivity index (χ1n) is 5.42. The molecule has 1 fully saturated rings. The lowest BCUT2D eigenvalue weighted by molar-refractivity contribution is -0.138. The summed E-state index contributed by atoms with van der Waals surface area (Å²) in [6, 6.07) is -0.164. The molecule has 0 aromatic heterocycles. The van der Waals surface area contributed by atoms with Crippen LogP contribution in [0.5, 0.6) is 0 Å². The average Bonchev–Trinajstić information content (AvgIpc) is 2.15. The smallest absolute Gasteiger partial charge is 0.409 e. The lowest BCUT2D eigenvalue weighted by Crippen LogP contribution is -2.50. The van der Waals surface area contributed by atoms with Crippen molar-refractivity contribution in [1.29, 1.82) is 0 Å². The fourth-order valence-corrected chi connectivity index (χ4v) is 2.01. The summed E-state index contributed by atoms with van der Waals surface area (Å²) in [5, 5.41) is 8.70. The van der Waals surface area contributed by atoms with Crippen LogP contribution in [0.1, 0.15) is 19.8 Å². The van der Waals surface area contributed by atoms with E-state index in [9.17, 15) is 9.59 Å². The normalized spacial score (nSPS) is 25.2. The molecule has 0 radical (unpaired) electrons. The van der Waals surface area contributed by atoms with Crippen LogP contribution in [0, 0.1) is 5.92 Å². The van der Waals surface area contributed by atoms with E-state index < -0.39 is 12.1 Å². The number of likely N-dealkylation sites (tertiary alicyclic amines) is 1. The van der Waals surface area contributed by atoms with Crippen LogP contribution in [0.15, 0.2) is 0 Å². The molecule has 0 bridgehead atoms. The molecule has 0 spiro atoms. The first kappa shape index (κ1) is 12.8. The third-order valence-corrected chi connectivity index (χ3v) is 2.56. The van der Waals surface area contributed by atoms with Gasteiger partial charge in [0, 0.05) is 25.6 Å². The van der Waals surface area contributed by atoms with Crippen molar-refractivity contribution < 1.29 is 19.4 Å². The zero-order valence-electron chi connectivity index (χ0n) is 9.39. The molecule has 0 aromatic carbocycles. The Kier molecular flexibility index (Phi) is 4.54. The summed E-state index contributed by atoms with van der Waals surface area (Å²) in [5.74, 6) is -0.937. The van der Waals surface area contributed by atoms with Crippen LogP contribution in [0.2, 0.25) is 0 Å². The first-order chi connectivity index (χ1) is 7.52. The second-order valence-electron chi connectivity index (χ2n) is 4.06. The number of amides is 1. The van der Waals surface area contributed by atoms with Crippen molar-refractivity contribution in [3.63, 3.8) is 0 Å². The van der Waals surface area contributed by atoms with E-state index in [2.05, 4.69) is 0 Å². The van der Waals surface area contributed by atoms with Gasteiger partial charge in [-0.25, -0.2) is 4.79 Å². The Labute approximate surface area is 94.3 Å². The summed E-state index contributed by atoms with van der Waals surface area (Å²) in [7, 11) is 0. The zero-order chi connectivity index (χ0) is 12.1. The highest BCUT2D eigenvalue weighted by atomic mass is 16.6. The zero-order valence-corrected chi connectivity index (χ0v) is 9.39. The monoisotopic (exact) mass is 230 g/mol. The summed E-state index contributed by atoms with van der Waals surface area (Å²) in [4.78, 5) is 23.6. The Morgan fingerprint density at radius 3 is 2.75 bits per heavy atom. The van der Waals surface area contributed by atoms with Gasteiger partial charge < -0.3 is 20.5 Å². The minimum atomic E-state index is -0.858. The minimum absolute atomic E-state index is 0.0452. The Morgan fingerprint density at radius 2 is 2.19 bits per heavy atom. The Morgan fingerprint density at radius 1 is 1.50 bits per heavy atom. The van der Waals surface area contributed by atoms with Crippen molar-refractivity contribution in [2.75, 3.05) is 19.7 Å². The average molecular weight is 230 g/mol. The van der Waals surface area contributed by atoms with Gasteiger partial charge in [0.2, 0.25) is 0 Å². The second kappa shape index (κ2) is 5.69. The van der Waals surface area contributed by atoms with Gasteiger partial charge in [0.25, 0.3) is 0 Å². The summed E-state index contributed by atoms with van der Waals surface area (Å²) >= 11 is 0. The van der Waals surface area contributed by atoms with Crippen LogP contribution >= 0.6 is 0 Å². The summed E-state index contributed by atoms with van der Waals surface area (Å²) < 4.78 is 4.87. The molecule has 1 aliphatic rings. The van der Waals surface area contributed by atoms with Crippen LogP contribution in [-0.4, -0.2) is 47.8 Å². The highest BCUT2D eigenvalue weighted by Gasteiger charge is 2.29. The molecule has 0 saturated carbocycles. The van der Waals surface area contributed by atoms with E-state index in [-0.39, 0.29) is 18.4 Å². The number of carbonyl (C=O) groups excluding carboxylic acids is 1. The molecule has 1 rings (SSSR count). The fraction of sp³-hybridized carbons (Fsp3) is 0.800. The molecule has 1 heterocycles. The van der Waals surface area contributed by atoms with E-state index in [1.54, 1.807) is 6.92 Å². The standard InChI is InChI=1S/C10H18N2O4/c1-2-16-10(15)12-5-7(4-9(13)14)3-8(11)6-12/h7-8H,2-6,11H2,1H3,(H,13,14). The molecule has 16 heavy (non-hydrogen) atoms. The van der Waals surface area contributed by atoms with Gasteiger partial charge in [-0.1, -0.05) is 0 Å². The maximum atomic E-state index is 11.5. The molecule has 1 saturated heterocycles. The number of carbonyl (C=O) groups is 2. The Hall–Kier alpha value is -1.30. The SMILES string of the molecule is CCOC(=O)N1CC(N)CC(CC(=O)O)C1. The van der Waals surface area contributed by atoms with Crippen molar-refractivity contribution in [3.05, 3.63) is 0 Å². The highest BCUT2D eigenvalue weighted by Crippen LogP contribution is 2.19. The maximum Gasteiger partial charge on any atom is 0.409 e.